The molecule has 0 spiro atoms. The number of hydrogen-bond acceptors (Lipinski definition) is 5. The Morgan fingerprint density at radius 3 is 2.46 bits per heavy atom. The topological polar surface area (TPSA) is 58.6 Å². The van der Waals surface area contributed by atoms with Crippen molar-refractivity contribution in [3.8, 4) is 17.0 Å². The zero-order valence-electron chi connectivity index (χ0n) is 19.8. The van der Waals surface area contributed by atoms with Crippen LogP contribution in [0, 0.1) is 0 Å². The van der Waals surface area contributed by atoms with Crippen molar-refractivity contribution in [1.82, 2.24) is 19.8 Å². The number of piperazine rings is 1. The number of carbonyl (C=O) groups is 1. The van der Waals surface area contributed by atoms with Crippen molar-refractivity contribution in [2.45, 2.75) is 26.1 Å². The van der Waals surface area contributed by atoms with Crippen LogP contribution in [0.5, 0.6) is 5.88 Å². The van der Waals surface area contributed by atoms with E-state index < -0.39 is 0 Å². The summed E-state index contributed by atoms with van der Waals surface area (Å²) in [5.41, 5.74) is 4.18. The second kappa shape index (κ2) is 10.0. The van der Waals surface area contributed by atoms with Gasteiger partial charge in [-0.3, -0.25) is 14.7 Å². The van der Waals surface area contributed by atoms with Gasteiger partial charge in [0.05, 0.1) is 18.8 Å². The Hall–Kier alpha value is -3.48. The number of pyridine rings is 2. The normalized spacial score (nSPS) is 16.6. The van der Waals surface area contributed by atoms with Gasteiger partial charge < -0.3 is 9.64 Å². The van der Waals surface area contributed by atoms with Crippen molar-refractivity contribution in [3.05, 3.63) is 89.3 Å². The van der Waals surface area contributed by atoms with E-state index in [1.165, 1.54) is 0 Å². The summed E-state index contributed by atoms with van der Waals surface area (Å²) < 4.78 is 5.13. The first-order valence-corrected chi connectivity index (χ1v) is 12.0. The SMILES string of the molecule is COc1ccc(-c2ccc(CN3CCN(Cc4cc5ccc(Cl)cc5cn4)C(C)C3=O)cc2)cn1. The smallest absolute Gasteiger partial charge is 0.239 e. The van der Waals surface area contributed by atoms with Crippen LogP contribution >= 0.6 is 11.6 Å². The molecule has 1 fully saturated rings. The van der Waals surface area contributed by atoms with Crippen LogP contribution in [-0.4, -0.2) is 51.9 Å². The van der Waals surface area contributed by atoms with Gasteiger partial charge >= 0.3 is 0 Å². The lowest BCUT2D eigenvalue weighted by Gasteiger charge is -2.39. The summed E-state index contributed by atoms with van der Waals surface area (Å²) in [5.74, 6) is 0.741. The second-order valence-corrected chi connectivity index (χ2v) is 9.30. The maximum absolute atomic E-state index is 13.2. The fourth-order valence-electron chi connectivity index (χ4n) is 4.49. The summed E-state index contributed by atoms with van der Waals surface area (Å²) in [6, 6.07) is 19.8. The Kier molecular flexibility index (Phi) is 6.66. The maximum Gasteiger partial charge on any atom is 0.239 e. The standard InChI is InChI=1S/C28H27ClN4O2/c1-19-28(34)33(17-20-3-5-21(6-4-20)23-8-10-27(35-2)31-15-23)12-11-32(19)18-26-14-22-7-9-25(29)13-24(22)16-30-26/h3-10,13-16,19H,11-12,17-18H2,1-2H3. The van der Waals surface area contributed by atoms with E-state index in [0.29, 0.717) is 30.5 Å². The molecule has 3 heterocycles. The summed E-state index contributed by atoms with van der Waals surface area (Å²) in [7, 11) is 1.61. The average molecular weight is 487 g/mol. The Bertz CT molecular complexity index is 1340. The van der Waals surface area contributed by atoms with Gasteiger partial charge in [0.15, 0.2) is 0 Å². The van der Waals surface area contributed by atoms with E-state index in [1.807, 2.05) is 48.4 Å². The zero-order chi connectivity index (χ0) is 24.4. The lowest BCUT2D eigenvalue weighted by atomic mass is 10.0. The highest BCUT2D eigenvalue weighted by molar-refractivity contribution is 6.31. The number of ether oxygens (including phenoxy) is 1. The Morgan fingerprint density at radius 2 is 1.71 bits per heavy atom. The van der Waals surface area contributed by atoms with Gasteiger partial charge in [-0.2, -0.15) is 0 Å². The van der Waals surface area contributed by atoms with E-state index in [4.69, 9.17) is 16.3 Å². The summed E-state index contributed by atoms with van der Waals surface area (Å²) in [5, 5.41) is 2.82. The molecule has 0 radical (unpaired) electrons. The molecule has 0 saturated carbocycles. The minimum absolute atomic E-state index is 0.146. The minimum atomic E-state index is -0.198. The molecule has 1 atom stereocenters. The van der Waals surface area contributed by atoms with Gasteiger partial charge in [-0.1, -0.05) is 41.9 Å². The van der Waals surface area contributed by atoms with Gasteiger partial charge in [0.2, 0.25) is 11.8 Å². The third kappa shape index (κ3) is 5.14. The third-order valence-corrected chi connectivity index (χ3v) is 6.82. The maximum atomic E-state index is 13.2. The van der Waals surface area contributed by atoms with Crippen LogP contribution in [0.25, 0.3) is 21.9 Å². The van der Waals surface area contributed by atoms with Crippen LogP contribution < -0.4 is 4.74 Å². The number of nitrogens with zero attached hydrogens (tertiary/aromatic N) is 4. The van der Waals surface area contributed by atoms with Crippen molar-refractivity contribution < 1.29 is 9.53 Å². The highest BCUT2D eigenvalue weighted by Crippen LogP contribution is 2.24. The van der Waals surface area contributed by atoms with E-state index in [0.717, 1.165) is 39.7 Å². The summed E-state index contributed by atoms with van der Waals surface area (Å²) in [4.78, 5) is 26.2. The molecular formula is C28H27ClN4O2. The van der Waals surface area contributed by atoms with E-state index in [1.54, 1.807) is 13.3 Å². The van der Waals surface area contributed by atoms with E-state index in [2.05, 4.69) is 45.2 Å². The number of halogens is 1. The van der Waals surface area contributed by atoms with Crippen LogP contribution in [0.3, 0.4) is 0 Å². The molecule has 1 aliphatic heterocycles. The lowest BCUT2D eigenvalue weighted by Crippen LogP contribution is -2.54. The Labute approximate surface area is 210 Å². The van der Waals surface area contributed by atoms with Gasteiger partial charge in [0, 0.05) is 60.6 Å². The molecular weight excluding hydrogens is 460 g/mol. The number of fused-ring (bicyclic) bond motifs is 1. The summed E-state index contributed by atoms with van der Waals surface area (Å²) >= 11 is 6.08. The van der Waals surface area contributed by atoms with Crippen LogP contribution in [0.15, 0.2) is 73.1 Å². The predicted molar refractivity (Wildman–Crippen MR) is 138 cm³/mol. The molecule has 35 heavy (non-hydrogen) atoms. The van der Waals surface area contributed by atoms with Gasteiger partial charge in [0.25, 0.3) is 0 Å². The van der Waals surface area contributed by atoms with Crippen LogP contribution in [0.4, 0.5) is 0 Å². The molecule has 0 N–H and O–H groups in total. The van der Waals surface area contributed by atoms with E-state index in [9.17, 15) is 4.79 Å². The first-order chi connectivity index (χ1) is 17.0. The first kappa shape index (κ1) is 23.3. The molecule has 1 amide bonds. The molecule has 2 aromatic heterocycles. The van der Waals surface area contributed by atoms with Gasteiger partial charge in [-0.05, 0) is 47.7 Å². The van der Waals surface area contributed by atoms with Crippen molar-refractivity contribution >= 4 is 28.3 Å². The number of aromatic nitrogens is 2. The van der Waals surface area contributed by atoms with E-state index in [-0.39, 0.29) is 11.9 Å². The number of amides is 1. The minimum Gasteiger partial charge on any atom is -0.481 e. The van der Waals surface area contributed by atoms with Crippen LogP contribution in [0.2, 0.25) is 5.02 Å². The number of rotatable bonds is 6. The molecule has 0 aliphatic carbocycles. The largest absolute Gasteiger partial charge is 0.481 e. The Morgan fingerprint density at radius 1 is 0.914 bits per heavy atom. The molecule has 0 bridgehead atoms. The number of benzene rings is 2. The second-order valence-electron chi connectivity index (χ2n) is 8.86. The molecule has 1 saturated heterocycles. The molecule has 6 nitrogen and oxygen atoms in total. The molecule has 178 valence electrons. The molecule has 1 aliphatic rings. The quantitative estimate of drug-likeness (QED) is 0.375. The fourth-order valence-corrected chi connectivity index (χ4v) is 4.67. The average Bonchev–Trinajstić information content (AvgIpc) is 2.89. The highest BCUT2D eigenvalue weighted by atomic mass is 35.5. The molecule has 5 rings (SSSR count). The number of hydrogen-bond donors (Lipinski definition) is 0. The fraction of sp³-hybridized carbons (Fsp3) is 0.250. The van der Waals surface area contributed by atoms with Gasteiger partial charge in [-0.15, -0.1) is 0 Å². The molecule has 7 heteroatoms. The third-order valence-electron chi connectivity index (χ3n) is 6.59. The Balaban J connectivity index is 1.21. The molecule has 1 unspecified atom stereocenters. The van der Waals surface area contributed by atoms with Crippen LogP contribution in [0.1, 0.15) is 18.2 Å². The van der Waals surface area contributed by atoms with Crippen molar-refractivity contribution in [3.63, 3.8) is 0 Å². The first-order valence-electron chi connectivity index (χ1n) is 11.7. The zero-order valence-corrected chi connectivity index (χ0v) is 20.6. The summed E-state index contributed by atoms with van der Waals surface area (Å²) in [6.45, 7) is 4.73. The predicted octanol–water partition coefficient (Wildman–Crippen LogP) is 5.19. The number of methoxy groups -OCH3 is 1. The summed E-state index contributed by atoms with van der Waals surface area (Å²) in [6.07, 6.45) is 3.66. The molecule has 2 aromatic carbocycles. The van der Waals surface area contributed by atoms with Gasteiger partial charge in [0.1, 0.15) is 0 Å². The van der Waals surface area contributed by atoms with Crippen LogP contribution in [-0.2, 0) is 17.9 Å². The van der Waals surface area contributed by atoms with E-state index >= 15 is 0 Å². The lowest BCUT2D eigenvalue weighted by molar-refractivity contribution is -0.142. The van der Waals surface area contributed by atoms with Crippen molar-refractivity contribution in [2.24, 2.45) is 0 Å². The van der Waals surface area contributed by atoms with Crippen molar-refractivity contribution in [1.29, 1.82) is 0 Å². The van der Waals surface area contributed by atoms with Gasteiger partial charge in [-0.25, -0.2) is 4.98 Å². The monoisotopic (exact) mass is 486 g/mol. The highest BCUT2D eigenvalue weighted by Gasteiger charge is 2.31. The number of carbonyl (C=O) groups excluding carboxylic acids is 1. The molecule has 4 aromatic rings. The van der Waals surface area contributed by atoms with Crippen molar-refractivity contribution in [2.75, 3.05) is 20.2 Å².